The van der Waals surface area contributed by atoms with Crippen LogP contribution >= 0.6 is 11.8 Å². The first-order valence-electron chi connectivity index (χ1n) is 16.3. The smallest absolute Gasteiger partial charge is 0.338 e. The molecule has 0 radical (unpaired) electrons. The number of benzene rings is 4. The first kappa shape index (κ1) is 32.7. The van der Waals surface area contributed by atoms with Crippen LogP contribution in [0.3, 0.4) is 0 Å². The summed E-state index contributed by atoms with van der Waals surface area (Å²) in [5.41, 5.74) is 6.56. The lowest BCUT2D eigenvalue weighted by Gasteiger charge is -2.25. The standard InChI is InChI=1S/C41H31N3O5S/c42-24-33-22-32-21-31(27-9-5-2-6-10-27)17-20-35(32)43-39(33)50-37-23-38(46)44(40(37)47)34-18-15-30(16-19-34)41(48)49-25-36(45)29-13-11-28(12-14-29)26-7-3-1-4-8-26/h1-16,18-19,22,31,37H,17,20-21,23,25H2. The highest BCUT2D eigenvalue weighted by atomic mass is 32.2. The predicted molar refractivity (Wildman–Crippen MR) is 190 cm³/mol. The zero-order valence-electron chi connectivity index (χ0n) is 27.0. The average Bonchev–Trinajstić information content (AvgIpc) is 3.45. The van der Waals surface area contributed by atoms with Crippen molar-refractivity contribution >= 4 is 41.0 Å². The number of ether oxygens (including phenoxy) is 1. The number of aromatic nitrogens is 1. The van der Waals surface area contributed by atoms with Gasteiger partial charge in [0.15, 0.2) is 12.4 Å². The zero-order chi connectivity index (χ0) is 34.6. The second kappa shape index (κ2) is 14.3. The van der Waals surface area contributed by atoms with Gasteiger partial charge in [0.05, 0.1) is 22.1 Å². The van der Waals surface area contributed by atoms with Crippen LogP contribution in [0.4, 0.5) is 5.69 Å². The Bertz CT molecular complexity index is 2130. The number of nitrogens with zero attached hydrogens (tertiary/aromatic N) is 3. The molecule has 2 unspecified atom stereocenters. The van der Waals surface area contributed by atoms with Crippen LogP contribution in [-0.4, -0.2) is 40.4 Å². The van der Waals surface area contributed by atoms with Crippen molar-refractivity contribution in [3.05, 3.63) is 149 Å². The molecule has 1 aliphatic heterocycles. The molecule has 0 bridgehead atoms. The molecule has 1 fully saturated rings. The summed E-state index contributed by atoms with van der Waals surface area (Å²) >= 11 is 1.15. The number of nitriles is 1. The van der Waals surface area contributed by atoms with Gasteiger partial charge in [0, 0.05) is 17.7 Å². The molecule has 9 heteroatoms. The van der Waals surface area contributed by atoms with Crippen molar-refractivity contribution < 1.29 is 23.9 Å². The van der Waals surface area contributed by atoms with Gasteiger partial charge in [0.1, 0.15) is 11.1 Å². The number of carbonyl (C=O) groups is 4. The Morgan fingerprint density at radius 3 is 2.20 bits per heavy atom. The highest BCUT2D eigenvalue weighted by Crippen LogP contribution is 2.38. The summed E-state index contributed by atoms with van der Waals surface area (Å²) in [6.45, 7) is -0.428. The van der Waals surface area contributed by atoms with Gasteiger partial charge in [-0.1, -0.05) is 96.7 Å². The molecule has 2 heterocycles. The molecule has 246 valence electrons. The third-order valence-electron chi connectivity index (χ3n) is 9.11. The summed E-state index contributed by atoms with van der Waals surface area (Å²) in [5, 5.41) is 9.67. The number of hydrogen-bond acceptors (Lipinski definition) is 8. The number of rotatable bonds is 9. The second-order valence-electron chi connectivity index (χ2n) is 12.3. The van der Waals surface area contributed by atoms with E-state index in [-0.39, 0.29) is 23.7 Å². The molecule has 50 heavy (non-hydrogen) atoms. The van der Waals surface area contributed by atoms with Gasteiger partial charge in [-0.15, -0.1) is 0 Å². The molecule has 1 aromatic heterocycles. The lowest BCUT2D eigenvalue weighted by Crippen LogP contribution is -2.31. The molecule has 1 aliphatic carbocycles. The van der Waals surface area contributed by atoms with Crippen LogP contribution in [0.5, 0.6) is 0 Å². The number of anilines is 1. The molecule has 2 aliphatic rings. The van der Waals surface area contributed by atoms with Crippen LogP contribution in [0.15, 0.2) is 120 Å². The largest absolute Gasteiger partial charge is 0.454 e. The number of fused-ring (bicyclic) bond motifs is 1. The minimum atomic E-state index is -0.738. The van der Waals surface area contributed by atoms with E-state index in [0.29, 0.717) is 27.8 Å². The monoisotopic (exact) mass is 677 g/mol. The third kappa shape index (κ3) is 6.84. The van der Waals surface area contributed by atoms with E-state index in [1.807, 2.05) is 66.7 Å². The summed E-state index contributed by atoms with van der Waals surface area (Å²) in [7, 11) is 0. The molecule has 1 saturated heterocycles. The molecule has 2 amide bonds. The summed E-state index contributed by atoms with van der Waals surface area (Å²) < 4.78 is 5.27. The Morgan fingerprint density at radius 1 is 0.840 bits per heavy atom. The fraction of sp³-hybridized carbons (Fsp3) is 0.171. The van der Waals surface area contributed by atoms with Crippen LogP contribution < -0.4 is 4.90 Å². The summed E-state index contributed by atoms with van der Waals surface area (Å²) in [4.78, 5) is 57.9. The van der Waals surface area contributed by atoms with E-state index < -0.39 is 23.7 Å². The summed E-state index contributed by atoms with van der Waals surface area (Å²) in [6.07, 6.45) is 2.46. The van der Waals surface area contributed by atoms with Gasteiger partial charge in [-0.25, -0.2) is 14.7 Å². The molecule has 5 aromatic rings. The molecular weight excluding hydrogens is 647 g/mol. The molecule has 0 N–H and O–H groups in total. The van der Waals surface area contributed by atoms with Gasteiger partial charge in [-0.05, 0) is 77.8 Å². The minimum absolute atomic E-state index is 0.0402. The normalized spacial score (nSPS) is 16.8. The maximum Gasteiger partial charge on any atom is 0.338 e. The van der Waals surface area contributed by atoms with Crippen molar-refractivity contribution in [1.29, 1.82) is 5.26 Å². The number of ketones is 1. The molecule has 2 atom stereocenters. The first-order valence-corrected chi connectivity index (χ1v) is 17.2. The SMILES string of the molecule is N#Cc1cc2c(nc1SC1CC(=O)N(c3ccc(C(=O)OCC(=O)c4ccc(-c5ccccc5)cc4)cc3)C1=O)CCC(c1ccccc1)C2. The fourth-order valence-electron chi connectivity index (χ4n) is 6.45. The number of amides is 2. The van der Waals surface area contributed by atoms with E-state index in [1.165, 1.54) is 29.8 Å². The maximum absolute atomic E-state index is 13.5. The topological polar surface area (TPSA) is 117 Å². The van der Waals surface area contributed by atoms with Gasteiger partial charge in [-0.3, -0.25) is 14.4 Å². The number of aryl methyl sites for hydroxylation is 1. The van der Waals surface area contributed by atoms with Crippen molar-refractivity contribution in [1.82, 2.24) is 4.98 Å². The Balaban J connectivity index is 0.967. The van der Waals surface area contributed by atoms with Crippen LogP contribution in [-0.2, 0) is 27.2 Å². The maximum atomic E-state index is 13.5. The van der Waals surface area contributed by atoms with Crippen molar-refractivity contribution in [2.24, 2.45) is 0 Å². The van der Waals surface area contributed by atoms with Crippen LogP contribution in [0, 0.1) is 11.3 Å². The summed E-state index contributed by atoms with van der Waals surface area (Å²) in [6, 6.07) is 37.3. The highest BCUT2D eigenvalue weighted by molar-refractivity contribution is 8.00. The Hall–Kier alpha value is -5.85. The molecule has 0 saturated carbocycles. The van der Waals surface area contributed by atoms with E-state index in [2.05, 4.69) is 18.2 Å². The lowest BCUT2D eigenvalue weighted by molar-refractivity contribution is -0.121. The van der Waals surface area contributed by atoms with E-state index in [1.54, 1.807) is 12.1 Å². The molecular formula is C41H31N3O5S. The van der Waals surface area contributed by atoms with Crippen molar-refractivity contribution in [2.45, 2.75) is 41.9 Å². The number of imide groups is 1. The van der Waals surface area contributed by atoms with E-state index in [0.717, 1.165) is 58.3 Å². The Morgan fingerprint density at radius 2 is 1.50 bits per heavy atom. The van der Waals surface area contributed by atoms with E-state index in [4.69, 9.17) is 9.72 Å². The molecule has 8 nitrogen and oxygen atoms in total. The highest BCUT2D eigenvalue weighted by Gasteiger charge is 2.41. The number of thioether (sulfide) groups is 1. The molecule has 7 rings (SSSR count). The predicted octanol–water partition coefficient (Wildman–Crippen LogP) is 7.36. The van der Waals surface area contributed by atoms with Gasteiger partial charge < -0.3 is 4.74 Å². The van der Waals surface area contributed by atoms with Crippen LogP contribution in [0.1, 0.15) is 61.9 Å². The van der Waals surface area contributed by atoms with Crippen molar-refractivity contribution in [3.8, 4) is 17.2 Å². The third-order valence-corrected chi connectivity index (χ3v) is 10.3. The van der Waals surface area contributed by atoms with Gasteiger partial charge in [0.2, 0.25) is 11.8 Å². The van der Waals surface area contributed by atoms with Crippen LogP contribution in [0.25, 0.3) is 11.1 Å². The summed E-state index contributed by atoms with van der Waals surface area (Å²) in [5.74, 6) is -1.47. The number of carbonyl (C=O) groups excluding carboxylic acids is 4. The van der Waals surface area contributed by atoms with Crippen molar-refractivity contribution in [3.63, 3.8) is 0 Å². The fourth-order valence-corrected chi connectivity index (χ4v) is 7.55. The van der Waals surface area contributed by atoms with Gasteiger partial charge in [0.25, 0.3) is 0 Å². The number of hydrogen-bond donors (Lipinski definition) is 0. The second-order valence-corrected chi connectivity index (χ2v) is 13.5. The molecule has 0 spiro atoms. The average molecular weight is 678 g/mol. The van der Waals surface area contributed by atoms with E-state index >= 15 is 0 Å². The first-order chi connectivity index (χ1) is 24.4. The van der Waals surface area contributed by atoms with Gasteiger partial charge in [-0.2, -0.15) is 5.26 Å². The Kier molecular flexibility index (Phi) is 9.37. The van der Waals surface area contributed by atoms with Gasteiger partial charge >= 0.3 is 5.97 Å². The minimum Gasteiger partial charge on any atom is -0.454 e. The number of esters is 1. The Labute approximate surface area is 293 Å². The van der Waals surface area contributed by atoms with E-state index in [9.17, 15) is 24.4 Å². The lowest BCUT2D eigenvalue weighted by atomic mass is 9.82. The number of Topliss-reactive ketones (excluding diaryl/α,β-unsaturated/α-hetero) is 1. The zero-order valence-corrected chi connectivity index (χ0v) is 27.8. The van der Waals surface area contributed by atoms with Crippen LogP contribution in [0.2, 0.25) is 0 Å². The van der Waals surface area contributed by atoms with Crippen molar-refractivity contribution in [2.75, 3.05) is 11.5 Å². The number of pyridine rings is 1. The quantitative estimate of drug-likeness (QED) is 0.0903. The molecule has 4 aromatic carbocycles.